The average Bonchev–Trinajstić information content (AvgIpc) is 2.36. The van der Waals surface area contributed by atoms with Gasteiger partial charge in [0.25, 0.3) is 0 Å². The molecule has 0 radical (unpaired) electrons. The molecule has 0 fully saturated rings. The summed E-state index contributed by atoms with van der Waals surface area (Å²) in [6, 6.07) is 8.92. The summed E-state index contributed by atoms with van der Waals surface area (Å²) in [4.78, 5) is 22.2. The highest BCUT2D eigenvalue weighted by atomic mass is 16.4. The highest BCUT2D eigenvalue weighted by Gasteiger charge is 2.15. The van der Waals surface area contributed by atoms with Crippen LogP contribution in [0.25, 0.3) is 0 Å². The molecule has 0 aromatic heterocycles. The third kappa shape index (κ3) is 6.01. The predicted octanol–water partition coefficient (Wildman–Crippen LogP) is 0.783. The highest BCUT2D eigenvalue weighted by Crippen LogP contribution is 2.03. The Morgan fingerprint density at radius 2 is 1.95 bits per heavy atom. The second-order valence-corrected chi connectivity index (χ2v) is 4.74. The molecule has 1 unspecified atom stereocenters. The largest absolute Gasteiger partial charge is 0.481 e. The lowest BCUT2D eigenvalue weighted by molar-refractivity contribution is -0.138. The van der Waals surface area contributed by atoms with Gasteiger partial charge in [-0.2, -0.15) is 0 Å². The minimum atomic E-state index is -0.865. The van der Waals surface area contributed by atoms with Crippen LogP contribution in [-0.4, -0.2) is 29.6 Å². The van der Waals surface area contributed by atoms with Crippen LogP contribution in [0.3, 0.4) is 0 Å². The molecule has 0 bridgehead atoms. The number of carboxylic acid groups (broad SMARTS) is 1. The van der Waals surface area contributed by atoms with Crippen molar-refractivity contribution in [1.29, 1.82) is 0 Å². The quantitative estimate of drug-likeness (QED) is 0.678. The van der Waals surface area contributed by atoms with E-state index >= 15 is 0 Å². The number of carboxylic acids is 1. The van der Waals surface area contributed by atoms with E-state index in [1.54, 1.807) is 6.92 Å². The zero-order valence-electron chi connectivity index (χ0n) is 11.0. The van der Waals surface area contributed by atoms with Crippen LogP contribution in [0.15, 0.2) is 30.3 Å². The summed E-state index contributed by atoms with van der Waals surface area (Å²) in [5.74, 6) is -1.22. The van der Waals surface area contributed by atoms with Crippen LogP contribution < -0.4 is 11.1 Å². The van der Waals surface area contributed by atoms with Gasteiger partial charge in [-0.3, -0.25) is 9.59 Å². The van der Waals surface area contributed by atoms with Gasteiger partial charge in [-0.15, -0.1) is 0 Å². The molecule has 0 saturated heterocycles. The first-order valence-corrected chi connectivity index (χ1v) is 6.28. The maximum atomic E-state index is 11.8. The van der Waals surface area contributed by atoms with Gasteiger partial charge in [0.1, 0.15) is 0 Å². The molecule has 5 nitrogen and oxygen atoms in total. The molecule has 5 heteroatoms. The Balaban J connectivity index is 2.35. The molecular weight excluding hydrogens is 244 g/mol. The molecule has 0 heterocycles. The number of nitrogens with one attached hydrogen (secondary N) is 1. The number of hydrogen-bond acceptors (Lipinski definition) is 3. The molecule has 0 spiro atoms. The summed E-state index contributed by atoms with van der Waals surface area (Å²) in [5.41, 5.74) is 6.81. The zero-order valence-corrected chi connectivity index (χ0v) is 11.0. The topological polar surface area (TPSA) is 92.4 Å². The minimum Gasteiger partial charge on any atom is -0.481 e. The van der Waals surface area contributed by atoms with Gasteiger partial charge in [0.15, 0.2) is 0 Å². The molecule has 1 aromatic rings. The number of hydrogen-bond donors (Lipinski definition) is 3. The van der Waals surface area contributed by atoms with E-state index in [4.69, 9.17) is 10.8 Å². The van der Waals surface area contributed by atoms with Crippen LogP contribution in [0, 0.1) is 5.92 Å². The second-order valence-electron chi connectivity index (χ2n) is 4.74. The van der Waals surface area contributed by atoms with E-state index in [0.717, 1.165) is 5.56 Å². The van der Waals surface area contributed by atoms with Crippen molar-refractivity contribution in [3.8, 4) is 0 Å². The van der Waals surface area contributed by atoms with Crippen molar-refractivity contribution in [3.05, 3.63) is 35.9 Å². The Morgan fingerprint density at radius 3 is 2.53 bits per heavy atom. The van der Waals surface area contributed by atoms with Gasteiger partial charge in [-0.25, -0.2) is 0 Å². The lowest BCUT2D eigenvalue weighted by Crippen LogP contribution is -2.43. The first kappa shape index (κ1) is 15.2. The van der Waals surface area contributed by atoms with E-state index in [1.807, 2.05) is 30.3 Å². The number of aliphatic carboxylic acids is 1. The molecule has 19 heavy (non-hydrogen) atoms. The van der Waals surface area contributed by atoms with Gasteiger partial charge in [0.2, 0.25) is 5.91 Å². The molecule has 0 aliphatic heterocycles. The zero-order chi connectivity index (χ0) is 14.3. The van der Waals surface area contributed by atoms with Crippen molar-refractivity contribution in [2.24, 2.45) is 11.7 Å². The monoisotopic (exact) mass is 264 g/mol. The van der Waals surface area contributed by atoms with Crippen LogP contribution in [0.2, 0.25) is 0 Å². The summed E-state index contributed by atoms with van der Waals surface area (Å²) in [5, 5.41) is 11.3. The molecule has 2 atom stereocenters. The molecule has 1 amide bonds. The summed E-state index contributed by atoms with van der Waals surface area (Å²) in [7, 11) is 0. The molecule has 1 rings (SSSR count). The van der Waals surface area contributed by atoms with Gasteiger partial charge < -0.3 is 16.2 Å². The number of carbonyl (C=O) groups excluding carboxylic acids is 1. The van der Waals surface area contributed by atoms with Crippen LogP contribution in [0.4, 0.5) is 0 Å². The summed E-state index contributed by atoms with van der Waals surface area (Å²) < 4.78 is 0. The van der Waals surface area contributed by atoms with Crippen LogP contribution >= 0.6 is 0 Å². The summed E-state index contributed by atoms with van der Waals surface area (Å²) in [6.45, 7) is 2.10. The number of benzene rings is 1. The third-order valence-corrected chi connectivity index (χ3v) is 2.78. The van der Waals surface area contributed by atoms with E-state index < -0.39 is 12.0 Å². The molecule has 0 aliphatic carbocycles. The van der Waals surface area contributed by atoms with Crippen LogP contribution in [-0.2, 0) is 16.0 Å². The van der Waals surface area contributed by atoms with E-state index in [2.05, 4.69) is 5.32 Å². The molecule has 0 saturated carbocycles. The Labute approximate surface area is 112 Å². The van der Waals surface area contributed by atoms with Crippen molar-refractivity contribution in [3.63, 3.8) is 0 Å². The van der Waals surface area contributed by atoms with Crippen LogP contribution in [0.1, 0.15) is 18.9 Å². The highest BCUT2D eigenvalue weighted by molar-refractivity contribution is 5.81. The van der Waals surface area contributed by atoms with Gasteiger partial charge in [-0.05, 0) is 17.9 Å². The Hall–Kier alpha value is -1.88. The fourth-order valence-corrected chi connectivity index (χ4v) is 1.74. The van der Waals surface area contributed by atoms with Gasteiger partial charge in [0.05, 0.1) is 6.04 Å². The fraction of sp³-hybridized carbons (Fsp3) is 0.429. The predicted molar refractivity (Wildman–Crippen MR) is 72.5 cm³/mol. The number of nitrogens with two attached hydrogens (primary N) is 1. The normalized spacial score (nSPS) is 13.6. The van der Waals surface area contributed by atoms with E-state index in [9.17, 15) is 9.59 Å². The van der Waals surface area contributed by atoms with E-state index in [-0.39, 0.29) is 18.2 Å². The third-order valence-electron chi connectivity index (χ3n) is 2.78. The van der Waals surface area contributed by atoms with Crippen molar-refractivity contribution >= 4 is 11.9 Å². The molecule has 1 aromatic carbocycles. The van der Waals surface area contributed by atoms with Gasteiger partial charge in [0, 0.05) is 13.0 Å². The van der Waals surface area contributed by atoms with E-state index in [1.165, 1.54) is 0 Å². The summed E-state index contributed by atoms with van der Waals surface area (Å²) in [6.07, 6.45) is 0.508. The van der Waals surface area contributed by atoms with E-state index in [0.29, 0.717) is 13.0 Å². The Kier molecular flexibility index (Phi) is 6.02. The molecule has 0 aliphatic rings. The maximum Gasteiger partial charge on any atom is 0.303 e. The first-order chi connectivity index (χ1) is 8.99. The standard InChI is InChI=1S/C14H20N2O3/c1-10(7-13(17)18)9-16-14(19)12(15)8-11-5-3-2-4-6-11/h2-6,10,12H,7-9,15H2,1H3,(H,16,19)(H,17,18)/t10?,12-/m0/s1. The van der Waals surface area contributed by atoms with Gasteiger partial charge >= 0.3 is 5.97 Å². The lowest BCUT2D eigenvalue weighted by atomic mass is 10.1. The number of amides is 1. The van der Waals surface area contributed by atoms with Gasteiger partial charge in [-0.1, -0.05) is 37.3 Å². The Morgan fingerprint density at radius 1 is 1.32 bits per heavy atom. The lowest BCUT2D eigenvalue weighted by Gasteiger charge is -2.14. The molecule has 104 valence electrons. The summed E-state index contributed by atoms with van der Waals surface area (Å²) >= 11 is 0. The van der Waals surface area contributed by atoms with Crippen molar-refractivity contribution in [2.45, 2.75) is 25.8 Å². The second kappa shape index (κ2) is 7.53. The Bertz CT molecular complexity index is 420. The van der Waals surface area contributed by atoms with Crippen molar-refractivity contribution < 1.29 is 14.7 Å². The number of carbonyl (C=O) groups is 2. The van der Waals surface area contributed by atoms with Crippen molar-refractivity contribution in [2.75, 3.05) is 6.54 Å². The maximum absolute atomic E-state index is 11.8. The van der Waals surface area contributed by atoms with Crippen molar-refractivity contribution in [1.82, 2.24) is 5.32 Å². The first-order valence-electron chi connectivity index (χ1n) is 6.28. The minimum absolute atomic E-state index is 0.0359. The molecule has 4 N–H and O–H groups in total. The molecular formula is C14H20N2O3. The SMILES string of the molecule is CC(CNC(=O)[C@@H](N)Cc1ccccc1)CC(=O)O. The average molecular weight is 264 g/mol. The smallest absolute Gasteiger partial charge is 0.303 e. The van der Waals surface area contributed by atoms with Crippen LogP contribution in [0.5, 0.6) is 0 Å². The number of rotatable bonds is 7. The fourth-order valence-electron chi connectivity index (χ4n) is 1.74.